The number of hydrogen-bond acceptors (Lipinski definition) is 3. The Hall–Kier alpha value is -3.00. The summed E-state index contributed by atoms with van der Waals surface area (Å²) < 4.78 is 27.3. The quantitative estimate of drug-likeness (QED) is 0.827. The van der Waals surface area contributed by atoms with Crippen LogP contribution in [-0.2, 0) is 4.79 Å². The molecule has 1 aliphatic rings. The van der Waals surface area contributed by atoms with E-state index < -0.39 is 17.5 Å². The number of halogens is 3. The van der Waals surface area contributed by atoms with Gasteiger partial charge in [0, 0.05) is 38.8 Å². The Morgan fingerprint density at radius 3 is 2.03 bits per heavy atom. The van der Waals surface area contributed by atoms with Gasteiger partial charge in [0.05, 0.1) is 16.1 Å². The summed E-state index contributed by atoms with van der Waals surface area (Å²) in [5.41, 5.74) is 0.349. The number of nitrogens with one attached hydrogen (secondary N) is 1. The number of carbonyl (C=O) groups is 3. The molecule has 0 aliphatic carbocycles. The fraction of sp³-hybridized carbons (Fsp3) is 0.250. The topological polar surface area (TPSA) is 69.7 Å². The van der Waals surface area contributed by atoms with Crippen molar-refractivity contribution in [3.05, 3.63) is 64.2 Å². The van der Waals surface area contributed by atoms with Crippen molar-refractivity contribution in [3.8, 4) is 0 Å². The van der Waals surface area contributed by atoms with Gasteiger partial charge in [-0.2, -0.15) is 0 Å². The lowest BCUT2D eigenvalue weighted by Crippen LogP contribution is -2.50. The molecule has 6 nitrogen and oxygen atoms in total. The summed E-state index contributed by atoms with van der Waals surface area (Å²) in [6.07, 6.45) is 0. The Kier molecular flexibility index (Phi) is 6.12. The first-order valence-corrected chi connectivity index (χ1v) is 9.25. The molecule has 1 aliphatic heterocycles. The van der Waals surface area contributed by atoms with Gasteiger partial charge in [0.2, 0.25) is 5.91 Å². The standard InChI is InChI=1S/C20H18ClF2N3O3/c1-12(27)24-14-3-5-18(23)16(11-14)20(29)26-8-6-25(7-9-26)19(28)15-4-2-13(22)10-17(15)21/h2-5,10-11H,6-9H2,1H3,(H,24,27). The van der Waals surface area contributed by atoms with E-state index in [1.165, 1.54) is 34.9 Å². The Morgan fingerprint density at radius 1 is 0.897 bits per heavy atom. The van der Waals surface area contributed by atoms with Crippen molar-refractivity contribution in [2.75, 3.05) is 31.5 Å². The highest BCUT2D eigenvalue weighted by molar-refractivity contribution is 6.33. The van der Waals surface area contributed by atoms with Crippen LogP contribution in [-0.4, -0.2) is 53.7 Å². The minimum absolute atomic E-state index is 0.0189. The van der Waals surface area contributed by atoms with E-state index in [9.17, 15) is 23.2 Å². The van der Waals surface area contributed by atoms with E-state index in [1.807, 2.05) is 0 Å². The number of piperazine rings is 1. The molecule has 9 heteroatoms. The van der Waals surface area contributed by atoms with Crippen LogP contribution in [0.2, 0.25) is 5.02 Å². The largest absolute Gasteiger partial charge is 0.335 e. The van der Waals surface area contributed by atoms with E-state index in [4.69, 9.17) is 11.6 Å². The number of anilines is 1. The van der Waals surface area contributed by atoms with Gasteiger partial charge in [0.1, 0.15) is 11.6 Å². The molecule has 0 radical (unpaired) electrons. The van der Waals surface area contributed by atoms with Gasteiger partial charge in [-0.15, -0.1) is 0 Å². The van der Waals surface area contributed by atoms with Crippen LogP contribution >= 0.6 is 11.6 Å². The fourth-order valence-corrected chi connectivity index (χ4v) is 3.33. The predicted molar refractivity (Wildman–Crippen MR) is 104 cm³/mol. The van der Waals surface area contributed by atoms with E-state index in [1.54, 1.807) is 0 Å². The summed E-state index contributed by atoms with van der Waals surface area (Å²) in [5.74, 6) is -2.45. The van der Waals surface area contributed by atoms with E-state index in [2.05, 4.69) is 5.32 Å². The second-order valence-electron chi connectivity index (χ2n) is 6.58. The molecule has 3 amide bonds. The normalized spacial score (nSPS) is 13.9. The zero-order valence-corrected chi connectivity index (χ0v) is 16.3. The van der Waals surface area contributed by atoms with Crippen LogP contribution in [0.4, 0.5) is 14.5 Å². The van der Waals surface area contributed by atoms with Crippen LogP contribution in [0.1, 0.15) is 27.6 Å². The highest BCUT2D eigenvalue weighted by Crippen LogP contribution is 2.21. The lowest BCUT2D eigenvalue weighted by molar-refractivity contribution is -0.114. The van der Waals surface area contributed by atoms with Crippen molar-refractivity contribution < 1.29 is 23.2 Å². The molecule has 2 aromatic rings. The van der Waals surface area contributed by atoms with Gasteiger partial charge in [-0.1, -0.05) is 11.6 Å². The molecule has 0 aromatic heterocycles. The molecule has 29 heavy (non-hydrogen) atoms. The van der Waals surface area contributed by atoms with Crippen molar-refractivity contribution in [2.24, 2.45) is 0 Å². The second kappa shape index (κ2) is 8.57. The Balaban J connectivity index is 1.68. The molecule has 152 valence electrons. The van der Waals surface area contributed by atoms with Crippen molar-refractivity contribution in [1.82, 2.24) is 9.80 Å². The van der Waals surface area contributed by atoms with Gasteiger partial charge < -0.3 is 15.1 Å². The molecule has 1 fully saturated rings. The average Bonchev–Trinajstić information content (AvgIpc) is 2.68. The highest BCUT2D eigenvalue weighted by Gasteiger charge is 2.28. The number of hydrogen-bond donors (Lipinski definition) is 1. The third-order valence-corrected chi connectivity index (χ3v) is 4.85. The van der Waals surface area contributed by atoms with Crippen LogP contribution in [0.5, 0.6) is 0 Å². The lowest BCUT2D eigenvalue weighted by atomic mass is 10.1. The molecule has 0 atom stereocenters. The van der Waals surface area contributed by atoms with Crippen molar-refractivity contribution >= 4 is 35.0 Å². The van der Waals surface area contributed by atoms with Crippen molar-refractivity contribution in [2.45, 2.75) is 6.92 Å². The highest BCUT2D eigenvalue weighted by atomic mass is 35.5. The second-order valence-corrected chi connectivity index (χ2v) is 6.99. The molecule has 0 saturated carbocycles. The summed E-state index contributed by atoms with van der Waals surface area (Å²) in [6.45, 7) is 2.17. The summed E-state index contributed by atoms with van der Waals surface area (Å²) in [6, 6.07) is 7.32. The van der Waals surface area contributed by atoms with Gasteiger partial charge in [-0.05, 0) is 36.4 Å². The van der Waals surface area contributed by atoms with Gasteiger partial charge in [0.25, 0.3) is 11.8 Å². The summed E-state index contributed by atoms with van der Waals surface area (Å²) in [5, 5.41) is 2.53. The summed E-state index contributed by atoms with van der Waals surface area (Å²) in [7, 11) is 0. The van der Waals surface area contributed by atoms with Gasteiger partial charge in [0.15, 0.2) is 0 Å². The van der Waals surface area contributed by atoms with Crippen LogP contribution in [0.25, 0.3) is 0 Å². The Morgan fingerprint density at radius 2 is 1.48 bits per heavy atom. The maximum absolute atomic E-state index is 14.1. The molecule has 0 bridgehead atoms. The maximum atomic E-state index is 14.1. The number of carbonyl (C=O) groups excluding carboxylic acids is 3. The van der Waals surface area contributed by atoms with Crippen LogP contribution in [0.3, 0.4) is 0 Å². The number of nitrogens with zero attached hydrogens (tertiary/aromatic N) is 2. The maximum Gasteiger partial charge on any atom is 0.257 e. The average molecular weight is 422 g/mol. The molecule has 1 heterocycles. The summed E-state index contributed by atoms with van der Waals surface area (Å²) >= 11 is 5.95. The minimum atomic E-state index is -0.694. The van der Waals surface area contributed by atoms with Gasteiger partial charge in [-0.25, -0.2) is 8.78 Å². The van der Waals surface area contributed by atoms with E-state index in [0.29, 0.717) is 5.69 Å². The zero-order valence-electron chi connectivity index (χ0n) is 15.5. The molecule has 2 aromatic carbocycles. The first kappa shape index (κ1) is 20.7. The van der Waals surface area contributed by atoms with E-state index in [0.717, 1.165) is 18.2 Å². The summed E-state index contributed by atoms with van der Waals surface area (Å²) in [4.78, 5) is 39.4. The lowest BCUT2D eigenvalue weighted by Gasteiger charge is -2.35. The first-order valence-electron chi connectivity index (χ1n) is 8.87. The van der Waals surface area contributed by atoms with E-state index >= 15 is 0 Å². The molecule has 0 unspecified atom stereocenters. The molecule has 0 spiro atoms. The number of benzene rings is 2. The fourth-order valence-electron chi connectivity index (χ4n) is 3.09. The molecule has 1 saturated heterocycles. The first-order chi connectivity index (χ1) is 13.8. The third kappa shape index (κ3) is 4.71. The molecule has 1 N–H and O–H groups in total. The minimum Gasteiger partial charge on any atom is -0.335 e. The Bertz CT molecular complexity index is 975. The smallest absolute Gasteiger partial charge is 0.257 e. The molecule has 3 rings (SSSR count). The number of amides is 3. The van der Waals surface area contributed by atoms with Crippen LogP contribution in [0.15, 0.2) is 36.4 Å². The van der Waals surface area contributed by atoms with Crippen molar-refractivity contribution in [3.63, 3.8) is 0 Å². The van der Waals surface area contributed by atoms with Crippen molar-refractivity contribution in [1.29, 1.82) is 0 Å². The monoisotopic (exact) mass is 421 g/mol. The molecular weight excluding hydrogens is 404 g/mol. The van der Waals surface area contributed by atoms with E-state index in [-0.39, 0.29) is 54.1 Å². The molecular formula is C20H18ClF2N3O3. The van der Waals surface area contributed by atoms with Crippen LogP contribution < -0.4 is 5.32 Å². The predicted octanol–water partition coefficient (Wildman–Crippen LogP) is 3.17. The zero-order chi connectivity index (χ0) is 21.1. The number of rotatable bonds is 3. The van der Waals surface area contributed by atoms with Gasteiger partial charge >= 0.3 is 0 Å². The SMILES string of the molecule is CC(=O)Nc1ccc(F)c(C(=O)N2CCN(C(=O)c3ccc(F)cc3Cl)CC2)c1. The van der Waals surface area contributed by atoms with Crippen LogP contribution in [0, 0.1) is 11.6 Å². The van der Waals surface area contributed by atoms with Gasteiger partial charge in [-0.3, -0.25) is 14.4 Å². The Labute approximate surface area is 171 Å². The third-order valence-electron chi connectivity index (χ3n) is 4.53.